The minimum absolute atomic E-state index is 0.0643. The van der Waals surface area contributed by atoms with E-state index in [1.54, 1.807) is 17.2 Å². The molecule has 0 bridgehead atoms. The van der Waals surface area contributed by atoms with Crippen molar-refractivity contribution < 1.29 is 4.79 Å². The molecular formula is C22H22ClN3O. The molecule has 0 saturated carbocycles. The number of nitrogens with zero attached hydrogens (tertiary/aromatic N) is 2. The minimum Gasteiger partial charge on any atom is -0.380 e. The number of halogens is 1. The molecule has 5 heteroatoms. The highest BCUT2D eigenvalue weighted by Gasteiger charge is 2.15. The van der Waals surface area contributed by atoms with Gasteiger partial charge >= 0.3 is 0 Å². The standard InChI is InChI=1S/C22H22ClN3O/c1-2-26(16-18-6-4-3-5-7-18)22(27)21-13-12-20(15-25-21)24-14-17-8-10-19(23)11-9-17/h3-13,15,24H,2,14,16H2,1H3. The molecule has 0 spiro atoms. The van der Waals surface area contributed by atoms with Crippen molar-refractivity contribution in [2.45, 2.75) is 20.0 Å². The van der Waals surface area contributed by atoms with Crippen LogP contribution in [0.4, 0.5) is 5.69 Å². The van der Waals surface area contributed by atoms with Crippen LogP contribution in [0, 0.1) is 0 Å². The van der Waals surface area contributed by atoms with Crippen LogP contribution < -0.4 is 5.32 Å². The van der Waals surface area contributed by atoms with Gasteiger partial charge in [-0.3, -0.25) is 4.79 Å². The van der Waals surface area contributed by atoms with E-state index in [0.29, 0.717) is 25.3 Å². The van der Waals surface area contributed by atoms with E-state index < -0.39 is 0 Å². The molecule has 3 aromatic rings. The second-order valence-corrected chi connectivity index (χ2v) is 6.65. The summed E-state index contributed by atoms with van der Waals surface area (Å²) in [7, 11) is 0. The molecule has 0 aliphatic carbocycles. The van der Waals surface area contributed by atoms with E-state index in [9.17, 15) is 4.79 Å². The lowest BCUT2D eigenvalue weighted by molar-refractivity contribution is 0.0746. The third kappa shape index (κ3) is 5.31. The molecule has 4 nitrogen and oxygen atoms in total. The van der Waals surface area contributed by atoms with Crippen LogP contribution in [-0.4, -0.2) is 22.3 Å². The number of pyridine rings is 1. The lowest BCUT2D eigenvalue weighted by Gasteiger charge is -2.20. The molecule has 0 aliphatic heterocycles. The smallest absolute Gasteiger partial charge is 0.272 e. The zero-order valence-corrected chi connectivity index (χ0v) is 16.0. The Balaban J connectivity index is 1.61. The zero-order chi connectivity index (χ0) is 19.1. The predicted octanol–water partition coefficient (Wildman–Crippen LogP) is 5.01. The van der Waals surface area contributed by atoms with Crippen molar-refractivity contribution in [3.63, 3.8) is 0 Å². The molecule has 2 aromatic carbocycles. The minimum atomic E-state index is -0.0643. The van der Waals surface area contributed by atoms with Gasteiger partial charge in [-0.05, 0) is 42.3 Å². The molecule has 0 fully saturated rings. The van der Waals surface area contributed by atoms with E-state index in [-0.39, 0.29) is 5.91 Å². The average molecular weight is 380 g/mol. The molecule has 1 N–H and O–H groups in total. The summed E-state index contributed by atoms with van der Waals surface area (Å²) in [5.41, 5.74) is 3.55. The molecule has 3 rings (SSSR count). The maximum atomic E-state index is 12.7. The molecule has 1 amide bonds. The first-order valence-corrected chi connectivity index (χ1v) is 9.31. The number of hydrogen-bond acceptors (Lipinski definition) is 3. The Morgan fingerprint density at radius 2 is 1.74 bits per heavy atom. The number of nitrogens with one attached hydrogen (secondary N) is 1. The fourth-order valence-corrected chi connectivity index (χ4v) is 2.85. The van der Waals surface area contributed by atoms with Gasteiger partial charge in [0.05, 0.1) is 11.9 Å². The van der Waals surface area contributed by atoms with E-state index in [1.165, 1.54) is 0 Å². The number of anilines is 1. The normalized spacial score (nSPS) is 10.4. The van der Waals surface area contributed by atoms with Crippen molar-refractivity contribution >= 4 is 23.2 Å². The Hall–Kier alpha value is -2.85. The van der Waals surface area contributed by atoms with Crippen LogP contribution >= 0.6 is 11.6 Å². The van der Waals surface area contributed by atoms with Gasteiger partial charge in [0.1, 0.15) is 5.69 Å². The van der Waals surface area contributed by atoms with Gasteiger partial charge < -0.3 is 10.2 Å². The quantitative estimate of drug-likeness (QED) is 0.627. The van der Waals surface area contributed by atoms with E-state index in [0.717, 1.165) is 21.8 Å². The van der Waals surface area contributed by atoms with Crippen LogP contribution in [0.3, 0.4) is 0 Å². The summed E-state index contributed by atoms with van der Waals surface area (Å²) < 4.78 is 0. The Bertz CT molecular complexity index is 864. The number of hydrogen-bond donors (Lipinski definition) is 1. The third-order valence-electron chi connectivity index (χ3n) is 4.28. The summed E-state index contributed by atoms with van der Waals surface area (Å²) in [6, 6.07) is 21.3. The highest BCUT2D eigenvalue weighted by atomic mass is 35.5. The van der Waals surface area contributed by atoms with Crippen molar-refractivity contribution in [2.24, 2.45) is 0 Å². The summed E-state index contributed by atoms with van der Waals surface area (Å²) in [4.78, 5) is 18.9. The average Bonchev–Trinajstić information content (AvgIpc) is 2.72. The monoisotopic (exact) mass is 379 g/mol. The van der Waals surface area contributed by atoms with Crippen molar-refractivity contribution in [1.82, 2.24) is 9.88 Å². The fraction of sp³-hybridized carbons (Fsp3) is 0.182. The Kier molecular flexibility index (Phi) is 6.44. The Morgan fingerprint density at radius 3 is 2.37 bits per heavy atom. The molecule has 1 aromatic heterocycles. The lowest BCUT2D eigenvalue weighted by Crippen LogP contribution is -2.30. The van der Waals surface area contributed by atoms with Crippen LogP contribution in [0.1, 0.15) is 28.5 Å². The summed E-state index contributed by atoms with van der Waals surface area (Å²) in [5, 5.41) is 4.02. The lowest BCUT2D eigenvalue weighted by atomic mass is 10.2. The van der Waals surface area contributed by atoms with Crippen LogP contribution in [0.25, 0.3) is 0 Å². The first-order chi connectivity index (χ1) is 13.2. The summed E-state index contributed by atoms with van der Waals surface area (Å²) in [6.07, 6.45) is 1.69. The topological polar surface area (TPSA) is 45.2 Å². The largest absolute Gasteiger partial charge is 0.380 e. The molecular weight excluding hydrogens is 358 g/mol. The zero-order valence-electron chi connectivity index (χ0n) is 15.2. The van der Waals surface area contributed by atoms with Crippen molar-refractivity contribution in [3.8, 4) is 0 Å². The summed E-state index contributed by atoms with van der Waals surface area (Å²) in [6.45, 7) is 3.85. The number of rotatable bonds is 7. The predicted molar refractivity (Wildman–Crippen MR) is 110 cm³/mol. The highest BCUT2D eigenvalue weighted by Crippen LogP contribution is 2.14. The van der Waals surface area contributed by atoms with Crippen LogP contribution in [-0.2, 0) is 13.1 Å². The second-order valence-electron chi connectivity index (χ2n) is 6.22. The molecule has 0 radical (unpaired) electrons. The van der Waals surface area contributed by atoms with E-state index in [2.05, 4.69) is 10.3 Å². The molecule has 0 unspecified atom stereocenters. The van der Waals surface area contributed by atoms with Crippen molar-refractivity contribution in [3.05, 3.63) is 94.8 Å². The molecule has 138 valence electrons. The first-order valence-electron chi connectivity index (χ1n) is 8.93. The maximum absolute atomic E-state index is 12.7. The van der Waals surface area contributed by atoms with Gasteiger partial charge in [0.2, 0.25) is 0 Å². The first kappa shape index (κ1) is 18.9. The Labute approximate surface area is 164 Å². The van der Waals surface area contributed by atoms with E-state index >= 15 is 0 Å². The number of aromatic nitrogens is 1. The Morgan fingerprint density at radius 1 is 1.00 bits per heavy atom. The molecule has 1 heterocycles. The van der Waals surface area contributed by atoms with Crippen LogP contribution in [0.15, 0.2) is 72.9 Å². The molecule has 0 aliphatic rings. The number of carbonyl (C=O) groups is 1. The van der Waals surface area contributed by atoms with Gasteiger partial charge in [0.25, 0.3) is 5.91 Å². The fourth-order valence-electron chi connectivity index (χ4n) is 2.72. The summed E-state index contributed by atoms with van der Waals surface area (Å²) >= 11 is 5.90. The SMILES string of the molecule is CCN(Cc1ccccc1)C(=O)c1ccc(NCc2ccc(Cl)cc2)cn1. The third-order valence-corrected chi connectivity index (χ3v) is 4.53. The molecule has 0 atom stereocenters. The van der Waals surface area contributed by atoms with Gasteiger partial charge in [0, 0.05) is 24.7 Å². The van der Waals surface area contributed by atoms with E-state index in [4.69, 9.17) is 11.6 Å². The van der Waals surface area contributed by atoms with Crippen molar-refractivity contribution in [1.29, 1.82) is 0 Å². The maximum Gasteiger partial charge on any atom is 0.272 e. The number of carbonyl (C=O) groups excluding carboxylic acids is 1. The van der Waals surface area contributed by atoms with Gasteiger partial charge in [-0.2, -0.15) is 0 Å². The van der Waals surface area contributed by atoms with E-state index in [1.807, 2.05) is 67.6 Å². The molecule has 0 saturated heterocycles. The summed E-state index contributed by atoms with van der Waals surface area (Å²) in [5.74, 6) is -0.0643. The van der Waals surface area contributed by atoms with Gasteiger partial charge in [-0.25, -0.2) is 4.98 Å². The van der Waals surface area contributed by atoms with Crippen molar-refractivity contribution in [2.75, 3.05) is 11.9 Å². The number of amides is 1. The molecule has 27 heavy (non-hydrogen) atoms. The van der Waals surface area contributed by atoms with Gasteiger partial charge in [-0.1, -0.05) is 54.1 Å². The van der Waals surface area contributed by atoms with Crippen LogP contribution in [0.2, 0.25) is 5.02 Å². The van der Waals surface area contributed by atoms with Gasteiger partial charge in [0.15, 0.2) is 0 Å². The number of benzene rings is 2. The second kappa shape index (κ2) is 9.19. The van der Waals surface area contributed by atoms with Crippen LogP contribution in [0.5, 0.6) is 0 Å². The van der Waals surface area contributed by atoms with Gasteiger partial charge in [-0.15, -0.1) is 0 Å². The highest BCUT2D eigenvalue weighted by molar-refractivity contribution is 6.30.